The number of pyridine rings is 1. The van der Waals surface area contributed by atoms with Crippen molar-refractivity contribution in [1.29, 1.82) is 0 Å². The standard InChI is InChI=1S/C32H32F3N5O4/c1-39(2)18-4-3-13-40(16-18)23-8-5-17(14-22(23)32(33,34)35)31(42)38-28-27-21-15-19(6-9-24(21)44-29(27)28)43-25-11-12-36-30-20(25)7-10-26(41)37-30/h5-6,8-9,11-12,14-15,18,27-29H,3-4,7,10,13,16H2,1-2H3,(H,38,42)(H,36,37,41)/t18-,27+,28-,29+/m1/s1. The third-order valence-corrected chi connectivity index (χ3v) is 8.99. The lowest BCUT2D eigenvalue weighted by molar-refractivity contribution is -0.137. The molecule has 2 amide bonds. The lowest BCUT2D eigenvalue weighted by atomic mass is 10.0. The topological polar surface area (TPSA) is 96.0 Å². The Morgan fingerprint density at radius 2 is 2.00 bits per heavy atom. The average Bonchev–Trinajstić information content (AvgIpc) is 3.52. The third kappa shape index (κ3) is 5.21. The first-order valence-electron chi connectivity index (χ1n) is 14.8. The monoisotopic (exact) mass is 607 g/mol. The smallest absolute Gasteiger partial charge is 0.418 e. The zero-order valence-electron chi connectivity index (χ0n) is 24.3. The van der Waals surface area contributed by atoms with Gasteiger partial charge in [-0.1, -0.05) is 0 Å². The van der Waals surface area contributed by atoms with Gasteiger partial charge in [-0.15, -0.1) is 0 Å². The summed E-state index contributed by atoms with van der Waals surface area (Å²) in [5.41, 5.74) is 0.939. The number of likely N-dealkylation sites (N-methyl/N-ethyl adjacent to an activating group) is 1. The highest BCUT2D eigenvalue weighted by Crippen LogP contribution is 2.55. The molecule has 0 radical (unpaired) electrons. The summed E-state index contributed by atoms with van der Waals surface area (Å²) >= 11 is 0. The molecule has 1 saturated heterocycles. The molecule has 3 aromatic rings. The summed E-state index contributed by atoms with van der Waals surface area (Å²) < 4.78 is 54.8. The van der Waals surface area contributed by atoms with Crippen LogP contribution in [0.5, 0.6) is 17.2 Å². The van der Waals surface area contributed by atoms with Gasteiger partial charge in [0, 0.05) is 54.1 Å². The van der Waals surface area contributed by atoms with Gasteiger partial charge in [-0.25, -0.2) is 4.98 Å². The Labute approximate surface area is 252 Å². The third-order valence-electron chi connectivity index (χ3n) is 8.99. The van der Waals surface area contributed by atoms with Crippen LogP contribution in [0.15, 0.2) is 48.7 Å². The molecule has 0 spiro atoms. The molecule has 7 rings (SSSR count). The van der Waals surface area contributed by atoms with Crippen molar-refractivity contribution >= 4 is 23.3 Å². The molecule has 2 N–H and O–H groups in total. The minimum absolute atomic E-state index is 0.0425. The van der Waals surface area contributed by atoms with Gasteiger partial charge in [0.25, 0.3) is 5.91 Å². The van der Waals surface area contributed by atoms with Crippen LogP contribution in [0.1, 0.15) is 52.2 Å². The number of hydrogen-bond donors (Lipinski definition) is 2. The van der Waals surface area contributed by atoms with Gasteiger partial charge in [-0.05, 0) is 75.8 Å². The number of nitrogens with one attached hydrogen (secondary N) is 2. The number of carbonyl (C=O) groups is 2. The summed E-state index contributed by atoms with van der Waals surface area (Å²) in [4.78, 5) is 33.0. The van der Waals surface area contributed by atoms with Crippen molar-refractivity contribution in [1.82, 2.24) is 15.2 Å². The van der Waals surface area contributed by atoms with Crippen molar-refractivity contribution < 1.29 is 32.2 Å². The molecule has 1 aliphatic carbocycles. The SMILES string of the molecule is CN(C)[C@@H]1CCCN(c2ccc(C(=O)N[C@H]3[C@H]4Oc5ccc(Oc6ccnc7c6CCC(=O)N7)cc5[C@@H]34)cc2C(F)(F)F)C1. The van der Waals surface area contributed by atoms with Crippen LogP contribution in [-0.2, 0) is 17.4 Å². The van der Waals surface area contributed by atoms with Crippen molar-refractivity contribution in [3.05, 3.63) is 70.9 Å². The van der Waals surface area contributed by atoms with Crippen LogP contribution in [-0.4, -0.2) is 67.1 Å². The molecule has 2 fully saturated rings. The van der Waals surface area contributed by atoms with Gasteiger partial charge in [0.2, 0.25) is 5.91 Å². The fraction of sp³-hybridized carbons (Fsp3) is 0.406. The van der Waals surface area contributed by atoms with Gasteiger partial charge >= 0.3 is 6.18 Å². The zero-order chi connectivity index (χ0) is 30.7. The summed E-state index contributed by atoms with van der Waals surface area (Å²) in [6, 6.07) is 10.8. The number of hydrogen-bond acceptors (Lipinski definition) is 7. The quantitative estimate of drug-likeness (QED) is 0.409. The number of ether oxygens (including phenoxy) is 2. The summed E-state index contributed by atoms with van der Waals surface area (Å²) in [7, 11) is 3.87. The number of rotatable bonds is 6. The van der Waals surface area contributed by atoms with E-state index in [-0.39, 0.29) is 41.3 Å². The summed E-state index contributed by atoms with van der Waals surface area (Å²) in [5.74, 6) is 1.53. The highest BCUT2D eigenvalue weighted by Gasteiger charge is 2.59. The minimum atomic E-state index is -4.61. The first-order valence-corrected chi connectivity index (χ1v) is 14.8. The molecule has 4 heterocycles. The number of anilines is 2. The zero-order valence-corrected chi connectivity index (χ0v) is 24.3. The molecule has 1 aromatic heterocycles. The lowest BCUT2D eigenvalue weighted by Crippen LogP contribution is -2.45. The van der Waals surface area contributed by atoms with Crippen LogP contribution in [0.25, 0.3) is 0 Å². The number of benzene rings is 2. The molecule has 0 unspecified atom stereocenters. The van der Waals surface area contributed by atoms with E-state index in [1.54, 1.807) is 29.3 Å². The molecule has 4 atom stereocenters. The van der Waals surface area contributed by atoms with Gasteiger partial charge in [-0.2, -0.15) is 13.2 Å². The number of aromatic nitrogens is 1. The van der Waals surface area contributed by atoms with E-state index >= 15 is 0 Å². The van der Waals surface area contributed by atoms with E-state index in [4.69, 9.17) is 9.47 Å². The van der Waals surface area contributed by atoms with Crippen molar-refractivity contribution in [3.8, 4) is 17.2 Å². The van der Waals surface area contributed by atoms with Gasteiger partial charge in [-0.3, -0.25) is 9.59 Å². The van der Waals surface area contributed by atoms with E-state index in [1.807, 2.05) is 25.1 Å². The van der Waals surface area contributed by atoms with E-state index in [0.29, 0.717) is 49.0 Å². The van der Waals surface area contributed by atoms with E-state index < -0.39 is 17.6 Å². The molecule has 44 heavy (non-hydrogen) atoms. The lowest BCUT2D eigenvalue weighted by Gasteiger charge is -2.38. The number of fused-ring (bicyclic) bond motifs is 4. The van der Waals surface area contributed by atoms with Crippen molar-refractivity contribution in [3.63, 3.8) is 0 Å². The Balaban J connectivity index is 1.06. The van der Waals surface area contributed by atoms with Gasteiger partial charge in [0.15, 0.2) is 0 Å². The highest BCUT2D eigenvalue weighted by atomic mass is 19.4. The molecule has 0 bridgehead atoms. The predicted molar refractivity (Wildman–Crippen MR) is 156 cm³/mol. The van der Waals surface area contributed by atoms with Crippen LogP contribution in [0, 0.1) is 0 Å². The number of halogens is 3. The molecule has 1 saturated carbocycles. The van der Waals surface area contributed by atoms with Gasteiger partial charge in [0.05, 0.1) is 17.5 Å². The Hall–Kier alpha value is -4.32. The number of piperidine rings is 1. The summed E-state index contributed by atoms with van der Waals surface area (Å²) in [5, 5.41) is 5.65. The Morgan fingerprint density at radius 3 is 2.80 bits per heavy atom. The second kappa shape index (κ2) is 10.7. The van der Waals surface area contributed by atoms with Crippen LogP contribution in [0.4, 0.5) is 24.7 Å². The van der Waals surface area contributed by atoms with Crippen LogP contribution in [0.3, 0.4) is 0 Å². The molecule has 9 nitrogen and oxygen atoms in total. The maximum atomic E-state index is 14.2. The largest absolute Gasteiger partial charge is 0.487 e. The number of nitrogens with zero attached hydrogens (tertiary/aromatic N) is 3. The first kappa shape index (κ1) is 28.5. The Bertz CT molecular complexity index is 1640. The maximum Gasteiger partial charge on any atom is 0.418 e. The molecule has 4 aliphatic rings. The van der Waals surface area contributed by atoms with Crippen molar-refractivity contribution in [2.24, 2.45) is 0 Å². The number of carbonyl (C=O) groups excluding carboxylic acids is 2. The molecule has 2 aromatic carbocycles. The molecule has 12 heteroatoms. The predicted octanol–water partition coefficient (Wildman–Crippen LogP) is 4.96. The Morgan fingerprint density at radius 1 is 1.16 bits per heavy atom. The second-order valence-corrected chi connectivity index (χ2v) is 12.0. The number of alkyl halides is 3. The fourth-order valence-electron chi connectivity index (χ4n) is 6.57. The number of amides is 2. The second-order valence-electron chi connectivity index (χ2n) is 12.0. The molecule has 230 valence electrons. The first-order chi connectivity index (χ1) is 21.1. The van der Waals surface area contributed by atoms with E-state index in [2.05, 4.69) is 15.6 Å². The molecular formula is C32H32F3N5O4. The van der Waals surface area contributed by atoms with Gasteiger partial charge in [0.1, 0.15) is 29.2 Å². The minimum Gasteiger partial charge on any atom is -0.487 e. The Kier molecular flexibility index (Phi) is 6.91. The average molecular weight is 608 g/mol. The van der Waals surface area contributed by atoms with Crippen molar-refractivity contribution in [2.75, 3.05) is 37.4 Å². The van der Waals surface area contributed by atoms with E-state index in [9.17, 15) is 22.8 Å². The van der Waals surface area contributed by atoms with Crippen LogP contribution < -0.4 is 25.0 Å². The highest BCUT2D eigenvalue weighted by molar-refractivity contribution is 5.96. The summed E-state index contributed by atoms with van der Waals surface area (Å²) in [6.07, 6.45) is -0.745. The van der Waals surface area contributed by atoms with Gasteiger partial charge < -0.3 is 29.9 Å². The van der Waals surface area contributed by atoms with Crippen LogP contribution >= 0.6 is 0 Å². The van der Waals surface area contributed by atoms with E-state index in [1.165, 1.54) is 12.1 Å². The fourth-order valence-corrected chi connectivity index (χ4v) is 6.57. The van der Waals surface area contributed by atoms with Crippen LogP contribution in [0.2, 0.25) is 0 Å². The maximum absolute atomic E-state index is 14.2. The van der Waals surface area contributed by atoms with Crippen molar-refractivity contribution in [2.45, 2.75) is 56.0 Å². The summed E-state index contributed by atoms with van der Waals surface area (Å²) in [6.45, 7) is 1.03. The molecule has 3 aliphatic heterocycles. The normalized spacial score (nSPS) is 23.7. The molecular weight excluding hydrogens is 575 g/mol. The van der Waals surface area contributed by atoms with E-state index in [0.717, 1.165) is 30.0 Å².